The second kappa shape index (κ2) is 6.66. The highest BCUT2D eigenvalue weighted by Crippen LogP contribution is 2.34. The van der Waals surface area contributed by atoms with Crippen molar-refractivity contribution in [2.75, 3.05) is 12.7 Å². The van der Waals surface area contributed by atoms with Gasteiger partial charge in [-0.25, -0.2) is 5.06 Å². The zero-order valence-electron chi connectivity index (χ0n) is 9.77. The van der Waals surface area contributed by atoms with Crippen molar-refractivity contribution in [3.8, 4) is 0 Å². The van der Waals surface area contributed by atoms with Crippen LogP contribution in [0.15, 0.2) is 30.3 Å². The molecule has 0 atom stereocenters. The molecular formula is C11H16NO5P. The molecule has 0 aliphatic carbocycles. The standard InChI is InChI=1S/C11H16NO5P/c13-11(9-10-5-2-1-3-6-10)12(14)7-4-8-18(15,16)17/h1-3,5-6,14H,4,7-9H2,(H2,15,16,17). The Labute approximate surface area is 105 Å². The predicted molar refractivity (Wildman–Crippen MR) is 65.2 cm³/mol. The third-order valence-electron chi connectivity index (χ3n) is 2.31. The molecule has 6 nitrogen and oxygen atoms in total. The fourth-order valence-corrected chi connectivity index (χ4v) is 1.97. The van der Waals surface area contributed by atoms with Crippen molar-refractivity contribution < 1.29 is 24.4 Å². The topological polar surface area (TPSA) is 98.1 Å². The van der Waals surface area contributed by atoms with Crippen molar-refractivity contribution in [3.63, 3.8) is 0 Å². The van der Waals surface area contributed by atoms with E-state index < -0.39 is 13.5 Å². The molecule has 18 heavy (non-hydrogen) atoms. The maximum Gasteiger partial charge on any atom is 0.325 e. The van der Waals surface area contributed by atoms with Gasteiger partial charge in [-0.1, -0.05) is 30.3 Å². The van der Waals surface area contributed by atoms with Crippen molar-refractivity contribution >= 4 is 13.5 Å². The third-order valence-corrected chi connectivity index (χ3v) is 3.20. The first-order valence-corrected chi connectivity index (χ1v) is 7.26. The largest absolute Gasteiger partial charge is 0.325 e. The summed E-state index contributed by atoms with van der Waals surface area (Å²) in [6.07, 6.45) is -0.225. The van der Waals surface area contributed by atoms with Crippen LogP contribution in [-0.4, -0.2) is 38.7 Å². The van der Waals surface area contributed by atoms with E-state index in [1.54, 1.807) is 24.3 Å². The molecule has 7 heteroatoms. The first kappa shape index (κ1) is 14.9. The molecular weight excluding hydrogens is 257 g/mol. The van der Waals surface area contributed by atoms with Crippen LogP contribution in [0.1, 0.15) is 12.0 Å². The Balaban J connectivity index is 2.36. The molecule has 0 spiro atoms. The summed E-state index contributed by atoms with van der Waals surface area (Å²) < 4.78 is 10.6. The molecule has 1 rings (SSSR count). The summed E-state index contributed by atoms with van der Waals surface area (Å²) in [6.45, 7) is -0.0865. The van der Waals surface area contributed by atoms with Crippen LogP contribution in [0.4, 0.5) is 0 Å². The zero-order chi connectivity index (χ0) is 13.6. The predicted octanol–water partition coefficient (Wildman–Crippen LogP) is 1.01. The van der Waals surface area contributed by atoms with Crippen molar-refractivity contribution in [3.05, 3.63) is 35.9 Å². The van der Waals surface area contributed by atoms with Gasteiger partial charge in [-0.2, -0.15) is 0 Å². The lowest BCUT2D eigenvalue weighted by Crippen LogP contribution is -2.30. The lowest BCUT2D eigenvalue weighted by molar-refractivity contribution is -0.164. The minimum atomic E-state index is -4.07. The number of carbonyl (C=O) groups excluding carboxylic acids is 1. The smallest absolute Gasteiger partial charge is 0.324 e. The van der Waals surface area contributed by atoms with E-state index >= 15 is 0 Å². The molecule has 1 aromatic rings. The Morgan fingerprint density at radius 1 is 1.22 bits per heavy atom. The number of hydrogen-bond donors (Lipinski definition) is 3. The van der Waals surface area contributed by atoms with Gasteiger partial charge in [0, 0.05) is 6.54 Å². The van der Waals surface area contributed by atoms with Gasteiger partial charge in [-0.3, -0.25) is 14.6 Å². The van der Waals surface area contributed by atoms with Crippen LogP contribution in [0.5, 0.6) is 0 Å². The molecule has 0 radical (unpaired) electrons. The van der Waals surface area contributed by atoms with Crippen LogP contribution in [0.25, 0.3) is 0 Å². The lowest BCUT2D eigenvalue weighted by Gasteiger charge is -2.15. The highest BCUT2D eigenvalue weighted by Gasteiger charge is 2.15. The fraction of sp³-hybridized carbons (Fsp3) is 0.364. The number of amides is 1. The van der Waals surface area contributed by atoms with E-state index in [0.717, 1.165) is 5.56 Å². The van der Waals surface area contributed by atoms with E-state index in [9.17, 15) is 14.6 Å². The minimum Gasteiger partial charge on any atom is -0.324 e. The SMILES string of the molecule is O=C(Cc1ccccc1)N(O)CCCP(=O)(O)O. The van der Waals surface area contributed by atoms with Crippen LogP contribution < -0.4 is 0 Å². The first-order valence-electron chi connectivity index (χ1n) is 5.46. The van der Waals surface area contributed by atoms with Crippen LogP contribution in [-0.2, 0) is 15.8 Å². The zero-order valence-corrected chi connectivity index (χ0v) is 10.7. The normalized spacial score (nSPS) is 11.3. The van der Waals surface area contributed by atoms with Crippen molar-refractivity contribution in [2.24, 2.45) is 0 Å². The summed E-state index contributed by atoms with van der Waals surface area (Å²) in [5.74, 6) is -0.494. The Kier molecular flexibility index (Phi) is 5.50. The molecule has 0 unspecified atom stereocenters. The van der Waals surface area contributed by atoms with Gasteiger partial charge >= 0.3 is 7.60 Å². The molecule has 0 aliphatic heterocycles. The van der Waals surface area contributed by atoms with Gasteiger partial charge in [-0.05, 0) is 12.0 Å². The highest BCUT2D eigenvalue weighted by molar-refractivity contribution is 7.51. The van der Waals surface area contributed by atoms with Gasteiger partial charge in [0.2, 0.25) is 5.91 Å². The van der Waals surface area contributed by atoms with E-state index in [2.05, 4.69) is 0 Å². The Morgan fingerprint density at radius 2 is 1.83 bits per heavy atom. The molecule has 0 heterocycles. The van der Waals surface area contributed by atoms with E-state index in [0.29, 0.717) is 5.06 Å². The van der Waals surface area contributed by atoms with Crippen molar-refractivity contribution in [1.29, 1.82) is 0 Å². The van der Waals surface area contributed by atoms with E-state index in [-0.39, 0.29) is 25.5 Å². The van der Waals surface area contributed by atoms with E-state index in [1.807, 2.05) is 6.07 Å². The molecule has 1 aromatic carbocycles. The quantitative estimate of drug-likeness (QED) is 0.408. The average molecular weight is 273 g/mol. The highest BCUT2D eigenvalue weighted by atomic mass is 31.2. The molecule has 0 saturated carbocycles. The van der Waals surface area contributed by atoms with Crippen molar-refractivity contribution in [2.45, 2.75) is 12.8 Å². The van der Waals surface area contributed by atoms with Gasteiger partial charge in [0.1, 0.15) is 0 Å². The van der Waals surface area contributed by atoms with Gasteiger partial charge in [-0.15, -0.1) is 0 Å². The van der Waals surface area contributed by atoms with Crippen molar-refractivity contribution in [1.82, 2.24) is 5.06 Å². The van der Waals surface area contributed by atoms with Crippen LogP contribution in [0.3, 0.4) is 0 Å². The molecule has 0 bridgehead atoms. The first-order chi connectivity index (χ1) is 8.38. The summed E-state index contributed by atoms with van der Waals surface area (Å²) in [5.41, 5.74) is 0.775. The second-order valence-corrected chi connectivity index (χ2v) is 5.70. The molecule has 100 valence electrons. The van der Waals surface area contributed by atoms with Gasteiger partial charge in [0.25, 0.3) is 0 Å². The van der Waals surface area contributed by atoms with Gasteiger partial charge < -0.3 is 9.79 Å². The molecule has 1 amide bonds. The van der Waals surface area contributed by atoms with E-state index in [4.69, 9.17) is 9.79 Å². The number of hydroxylamine groups is 2. The minimum absolute atomic E-state index is 0.0569. The fourth-order valence-electron chi connectivity index (χ4n) is 1.41. The Morgan fingerprint density at radius 3 is 2.39 bits per heavy atom. The second-order valence-electron chi connectivity index (χ2n) is 3.92. The number of carbonyl (C=O) groups is 1. The van der Waals surface area contributed by atoms with Gasteiger partial charge in [0.05, 0.1) is 12.6 Å². The van der Waals surface area contributed by atoms with Crippen LogP contribution in [0, 0.1) is 0 Å². The number of benzene rings is 1. The molecule has 0 fully saturated rings. The summed E-state index contributed by atoms with van der Waals surface area (Å²) in [6, 6.07) is 8.93. The van der Waals surface area contributed by atoms with Crippen LogP contribution >= 0.6 is 7.60 Å². The van der Waals surface area contributed by atoms with Gasteiger partial charge in [0.15, 0.2) is 0 Å². The summed E-state index contributed by atoms with van der Waals surface area (Å²) >= 11 is 0. The third kappa shape index (κ3) is 5.93. The summed E-state index contributed by atoms with van der Waals surface area (Å²) in [7, 11) is -4.07. The number of nitrogens with zero attached hydrogens (tertiary/aromatic N) is 1. The molecule has 0 saturated heterocycles. The number of rotatable bonds is 6. The molecule has 3 N–H and O–H groups in total. The van der Waals surface area contributed by atoms with Crippen LogP contribution in [0.2, 0.25) is 0 Å². The maximum atomic E-state index is 11.5. The monoisotopic (exact) mass is 273 g/mol. The number of hydrogen-bond acceptors (Lipinski definition) is 3. The lowest BCUT2D eigenvalue weighted by atomic mass is 10.1. The maximum absolute atomic E-state index is 11.5. The molecule has 0 aromatic heterocycles. The summed E-state index contributed by atoms with van der Waals surface area (Å²) in [5, 5.41) is 9.91. The molecule has 0 aliphatic rings. The Hall–Kier alpha value is -1.20. The Bertz CT molecular complexity index is 430. The van der Waals surface area contributed by atoms with E-state index in [1.165, 1.54) is 0 Å². The average Bonchev–Trinajstić information content (AvgIpc) is 2.28. The summed E-state index contributed by atoms with van der Waals surface area (Å²) in [4.78, 5) is 28.8.